The maximum Gasteiger partial charge on any atom is 0.303 e. The number of aliphatic hydroxyl groups excluding tert-OH is 1. The Morgan fingerprint density at radius 2 is 1.43 bits per heavy atom. The summed E-state index contributed by atoms with van der Waals surface area (Å²) in [4.78, 5) is 9.60. The molecule has 8 heteroatoms. The molecule has 0 fully saturated rings. The van der Waals surface area contributed by atoms with Crippen LogP contribution in [0.1, 0.15) is 19.8 Å². The average molecular weight is 257 g/mol. The molecule has 14 heavy (non-hydrogen) atoms. The summed E-state index contributed by atoms with van der Waals surface area (Å²) in [5.41, 5.74) is 0. The highest BCUT2D eigenvalue weighted by Crippen LogP contribution is 1.82. The molecule has 0 aliphatic carbocycles. The van der Waals surface area contributed by atoms with E-state index in [-0.39, 0.29) is 23.1 Å². The van der Waals surface area contributed by atoms with Gasteiger partial charge in [-0.2, -0.15) is 0 Å². The first-order valence-corrected chi connectivity index (χ1v) is 4.04. The highest BCUT2D eigenvalue weighted by molar-refractivity contribution is 6.40. The van der Waals surface area contributed by atoms with Crippen molar-refractivity contribution in [2.45, 2.75) is 19.8 Å². The van der Waals surface area contributed by atoms with Crippen molar-refractivity contribution in [1.29, 1.82) is 0 Å². The molecule has 0 amide bonds. The van der Waals surface area contributed by atoms with Crippen molar-refractivity contribution < 1.29 is 20.5 Å². The molecule has 94 valence electrons. The summed E-state index contributed by atoms with van der Waals surface area (Å²) in [5, 5.41) is 15.1. The quantitative estimate of drug-likeness (QED) is 0.549. The van der Waals surface area contributed by atoms with Gasteiger partial charge in [0.2, 0.25) is 0 Å². The fraction of sp³-hybridized carbons (Fsp3) is 0.833. The average Bonchev–Trinajstić information content (AvgIpc) is 1.93. The zero-order valence-electron chi connectivity index (χ0n) is 8.59. The fourth-order valence-corrected chi connectivity index (χ4v) is 0.214. The van der Waals surface area contributed by atoms with Gasteiger partial charge in [0.15, 0.2) is 0 Å². The summed E-state index contributed by atoms with van der Waals surface area (Å²) in [6.45, 7) is 1.84. The number of carboxylic acid groups (broad SMARTS) is 1. The normalized spacial score (nSPS) is 5.21. The second kappa shape index (κ2) is 52.5. The van der Waals surface area contributed by atoms with Gasteiger partial charge in [-0.1, -0.05) is 6.92 Å². The van der Waals surface area contributed by atoms with Crippen LogP contribution in [0.3, 0.4) is 0 Å². The Morgan fingerprint density at radius 1 is 1.21 bits per heavy atom. The monoisotopic (exact) mass is 256 g/mol. The van der Waals surface area contributed by atoms with Crippen LogP contribution in [0.25, 0.3) is 0 Å². The molecule has 0 atom stereocenters. The number of rotatable bonds is 2. The first-order chi connectivity index (χ1) is 5.18. The standard InChI is InChI=1S/C4H8O2.CH2Cl2.CH4O.2H3N.H2O/c1-2-3-4(5)6;2-1-3;1-2;;;/h2-3H2,1H3,(H,5,6);1H2;2H,1H3;2*1H3;1H2. The molecule has 0 bridgehead atoms. The van der Waals surface area contributed by atoms with E-state index in [1.807, 2.05) is 6.92 Å². The van der Waals surface area contributed by atoms with E-state index in [2.05, 4.69) is 0 Å². The first-order valence-electron chi connectivity index (χ1n) is 2.97. The van der Waals surface area contributed by atoms with Crippen LogP contribution in [-0.4, -0.2) is 34.1 Å². The molecule has 0 spiro atoms. The summed E-state index contributed by atoms with van der Waals surface area (Å²) in [5.74, 6) is -0.711. The number of hydrogen-bond donors (Lipinski definition) is 4. The Morgan fingerprint density at radius 3 is 1.43 bits per heavy atom. The Hall–Kier alpha value is -0.110. The molecule has 0 radical (unpaired) electrons. The predicted molar refractivity (Wildman–Crippen MR) is 60.9 cm³/mol. The fourth-order valence-electron chi connectivity index (χ4n) is 0.214. The smallest absolute Gasteiger partial charge is 0.303 e. The Labute approximate surface area is 94.7 Å². The number of aliphatic hydroxyl groups is 1. The van der Waals surface area contributed by atoms with E-state index < -0.39 is 5.97 Å². The summed E-state index contributed by atoms with van der Waals surface area (Å²) < 4.78 is 0. The van der Waals surface area contributed by atoms with E-state index in [1.165, 1.54) is 0 Å². The van der Waals surface area contributed by atoms with E-state index in [0.29, 0.717) is 6.42 Å². The van der Waals surface area contributed by atoms with Crippen molar-refractivity contribution >= 4 is 29.2 Å². The van der Waals surface area contributed by atoms with Crippen LogP contribution < -0.4 is 12.3 Å². The van der Waals surface area contributed by atoms with E-state index >= 15 is 0 Å². The lowest BCUT2D eigenvalue weighted by molar-refractivity contribution is -0.137. The minimum Gasteiger partial charge on any atom is -0.481 e. The third-order valence-electron chi connectivity index (χ3n) is 0.464. The molecule has 0 aliphatic rings. The molecule has 0 rings (SSSR count). The van der Waals surface area contributed by atoms with Gasteiger partial charge in [0, 0.05) is 13.5 Å². The zero-order chi connectivity index (χ0) is 9.70. The number of halogens is 2. The second-order valence-electron chi connectivity index (χ2n) is 1.24. The highest BCUT2D eigenvalue weighted by Gasteiger charge is 1.87. The summed E-state index contributed by atoms with van der Waals surface area (Å²) >= 11 is 9.53. The molecule has 0 aromatic rings. The topological polar surface area (TPSA) is 159 Å². The Balaban J connectivity index is -0.0000000178. The summed E-state index contributed by atoms with van der Waals surface area (Å²) in [6.07, 6.45) is 1.02. The first kappa shape index (κ1) is 37.1. The minimum atomic E-state index is -0.711. The number of aliphatic carboxylic acids is 1. The van der Waals surface area contributed by atoms with Gasteiger partial charge in [0.25, 0.3) is 0 Å². The van der Waals surface area contributed by atoms with Gasteiger partial charge in [0.05, 0.1) is 5.34 Å². The number of carbonyl (C=O) groups is 1. The Kier molecular flexibility index (Phi) is 139. The molecule has 0 heterocycles. The third kappa shape index (κ3) is 169. The van der Waals surface area contributed by atoms with Gasteiger partial charge in [-0.15, -0.1) is 23.2 Å². The maximum absolute atomic E-state index is 9.60. The van der Waals surface area contributed by atoms with Crippen molar-refractivity contribution in [3.63, 3.8) is 0 Å². The predicted octanol–water partition coefficient (Wildman–Crippen LogP) is 1.40. The SMILES string of the molecule is CCCC(=O)O.CO.ClCCl.N.N.O. The van der Waals surface area contributed by atoms with Crippen molar-refractivity contribution in [3.05, 3.63) is 0 Å². The maximum atomic E-state index is 9.60. The molecule has 0 aliphatic heterocycles. The minimum absolute atomic E-state index is 0. The lowest BCUT2D eigenvalue weighted by Crippen LogP contribution is -1.90. The van der Waals surface area contributed by atoms with Crippen LogP contribution in [-0.2, 0) is 4.79 Å². The van der Waals surface area contributed by atoms with Gasteiger partial charge in [-0.3, -0.25) is 4.79 Å². The van der Waals surface area contributed by atoms with Crippen LogP contribution in [0, 0.1) is 0 Å². The summed E-state index contributed by atoms with van der Waals surface area (Å²) in [7, 11) is 1.00. The van der Waals surface area contributed by atoms with Gasteiger partial charge in [0.1, 0.15) is 0 Å². The van der Waals surface area contributed by atoms with Gasteiger partial charge >= 0.3 is 5.97 Å². The molecular weight excluding hydrogens is 235 g/mol. The molecule has 0 aromatic carbocycles. The second-order valence-corrected chi connectivity index (χ2v) is 2.05. The van der Waals surface area contributed by atoms with Crippen LogP contribution >= 0.6 is 23.2 Å². The number of hydrogen-bond acceptors (Lipinski definition) is 4. The van der Waals surface area contributed by atoms with Crippen molar-refractivity contribution in [2.75, 3.05) is 12.4 Å². The van der Waals surface area contributed by atoms with Crippen LogP contribution in [0.15, 0.2) is 0 Å². The lowest BCUT2D eigenvalue weighted by atomic mass is 10.4. The molecule has 0 aromatic heterocycles. The van der Waals surface area contributed by atoms with Gasteiger partial charge < -0.3 is 28.0 Å². The number of carboxylic acids is 1. The van der Waals surface area contributed by atoms with E-state index in [0.717, 1.165) is 13.5 Å². The van der Waals surface area contributed by atoms with Crippen LogP contribution in [0.5, 0.6) is 0 Å². The Bertz CT molecular complexity index is 78.9. The van der Waals surface area contributed by atoms with E-state index in [1.54, 1.807) is 0 Å². The van der Waals surface area contributed by atoms with Crippen molar-refractivity contribution in [3.8, 4) is 0 Å². The largest absolute Gasteiger partial charge is 0.481 e. The molecular formula is C6H22Cl2N2O4. The molecule has 6 nitrogen and oxygen atoms in total. The van der Waals surface area contributed by atoms with Crippen molar-refractivity contribution in [2.24, 2.45) is 0 Å². The number of alkyl halides is 2. The lowest BCUT2D eigenvalue weighted by Gasteiger charge is -1.79. The van der Waals surface area contributed by atoms with Crippen LogP contribution in [0.4, 0.5) is 0 Å². The molecule has 0 saturated carbocycles. The molecule has 10 N–H and O–H groups in total. The van der Waals surface area contributed by atoms with Gasteiger partial charge in [-0.05, 0) is 6.42 Å². The van der Waals surface area contributed by atoms with Crippen molar-refractivity contribution in [1.82, 2.24) is 12.3 Å². The third-order valence-corrected chi connectivity index (χ3v) is 0.464. The van der Waals surface area contributed by atoms with E-state index in [4.69, 9.17) is 33.4 Å². The van der Waals surface area contributed by atoms with E-state index in [9.17, 15) is 4.79 Å². The molecule has 0 saturated heterocycles. The highest BCUT2D eigenvalue weighted by atomic mass is 35.5. The molecule has 0 unspecified atom stereocenters. The zero-order valence-corrected chi connectivity index (χ0v) is 10.1. The van der Waals surface area contributed by atoms with Crippen LogP contribution in [0.2, 0.25) is 0 Å². The summed E-state index contributed by atoms with van der Waals surface area (Å²) in [6, 6.07) is 0. The van der Waals surface area contributed by atoms with Gasteiger partial charge in [-0.25, -0.2) is 0 Å².